The highest BCUT2D eigenvalue weighted by Crippen LogP contribution is 2.28. The highest BCUT2D eigenvalue weighted by Gasteiger charge is 2.28. The Morgan fingerprint density at radius 3 is 2.68 bits per heavy atom. The second-order valence-electron chi connectivity index (χ2n) is 4.67. The van der Waals surface area contributed by atoms with Crippen molar-refractivity contribution in [1.82, 2.24) is 4.31 Å². The summed E-state index contributed by atoms with van der Waals surface area (Å²) < 4.78 is 30.1. The number of rotatable bonds is 5. The molecule has 0 aromatic heterocycles. The van der Waals surface area contributed by atoms with E-state index in [4.69, 9.17) is 4.74 Å². The van der Waals surface area contributed by atoms with Crippen LogP contribution in [0.4, 0.5) is 0 Å². The predicted octanol–water partition coefficient (Wildman–Crippen LogP) is 1.03. The van der Waals surface area contributed by atoms with E-state index in [2.05, 4.69) is 0 Å². The van der Waals surface area contributed by atoms with Crippen molar-refractivity contribution in [3.63, 3.8) is 0 Å². The van der Waals surface area contributed by atoms with Gasteiger partial charge in [0.1, 0.15) is 6.10 Å². The third-order valence-electron chi connectivity index (χ3n) is 3.39. The molecule has 1 heterocycles. The van der Waals surface area contributed by atoms with Gasteiger partial charge in [-0.25, -0.2) is 8.42 Å². The first kappa shape index (κ1) is 14.5. The van der Waals surface area contributed by atoms with Crippen LogP contribution in [0.25, 0.3) is 0 Å². The first-order chi connectivity index (χ1) is 8.97. The topological polar surface area (TPSA) is 66.8 Å². The van der Waals surface area contributed by atoms with Gasteiger partial charge in [0.15, 0.2) is 0 Å². The molecule has 2 rings (SSSR count). The number of fused-ring (bicyclic) bond motifs is 1. The van der Waals surface area contributed by atoms with Gasteiger partial charge in [0.05, 0.1) is 12.4 Å². The number of methoxy groups -OCH3 is 1. The van der Waals surface area contributed by atoms with E-state index in [0.717, 1.165) is 16.7 Å². The lowest BCUT2D eigenvalue weighted by atomic mass is 10.0. The van der Waals surface area contributed by atoms with Crippen molar-refractivity contribution >= 4 is 10.0 Å². The highest BCUT2D eigenvalue weighted by molar-refractivity contribution is 7.89. The number of ether oxygens (including phenoxy) is 1. The summed E-state index contributed by atoms with van der Waals surface area (Å²) in [7, 11) is -1.63. The highest BCUT2D eigenvalue weighted by atomic mass is 32.2. The fraction of sp³-hybridized carbons (Fsp3) is 0.538. The first-order valence-corrected chi connectivity index (χ1v) is 7.85. The van der Waals surface area contributed by atoms with E-state index in [0.29, 0.717) is 13.1 Å². The Morgan fingerprint density at radius 1 is 1.37 bits per heavy atom. The molecule has 1 N–H and O–H groups in total. The summed E-state index contributed by atoms with van der Waals surface area (Å²) in [6.45, 7) is 2.69. The van der Waals surface area contributed by atoms with E-state index in [1.807, 2.05) is 18.2 Å². The molecule has 6 heteroatoms. The lowest BCUT2D eigenvalue weighted by Crippen LogP contribution is -2.26. The van der Waals surface area contributed by atoms with Crippen molar-refractivity contribution < 1.29 is 18.3 Å². The summed E-state index contributed by atoms with van der Waals surface area (Å²) in [5.74, 6) is 0.111. The van der Waals surface area contributed by atoms with Crippen LogP contribution >= 0.6 is 0 Å². The molecule has 1 aliphatic heterocycles. The molecule has 1 atom stereocenters. The minimum absolute atomic E-state index is 0.111. The molecule has 1 aromatic carbocycles. The maximum Gasteiger partial charge on any atom is 0.214 e. The average Bonchev–Trinajstić information content (AvgIpc) is 2.82. The number of aliphatic hydroxyl groups excluding tert-OH is 1. The van der Waals surface area contributed by atoms with Crippen LogP contribution in [0.1, 0.15) is 29.7 Å². The van der Waals surface area contributed by atoms with Crippen LogP contribution in [0, 0.1) is 0 Å². The summed E-state index contributed by atoms with van der Waals surface area (Å²) in [4.78, 5) is 0. The first-order valence-electron chi connectivity index (χ1n) is 6.24. The van der Waals surface area contributed by atoms with Crippen molar-refractivity contribution in [2.24, 2.45) is 0 Å². The van der Waals surface area contributed by atoms with E-state index in [1.165, 1.54) is 11.4 Å². The molecule has 0 bridgehead atoms. The van der Waals surface area contributed by atoms with E-state index in [1.54, 1.807) is 6.92 Å². The second-order valence-corrected chi connectivity index (χ2v) is 6.93. The van der Waals surface area contributed by atoms with E-state index >= 15 is 0 Å². The zero-order valence-corrected chi connectivity index (χ0v) is 12.0. The molecule has 0 aliphatic carbocycles. The van der Waals surface area contributed by atoms with Gasteiger partial charge < -0.3 is 9.84 Å². The Balaban J connectivity index is 2.21. The number of hydrogen-bond acceptors (Lipinski definition) is 4. The third kappa shape index (κ3) is 2.97. The van der Waals surface area contributed by atoms with E-state index < -0.39 is 16.1 Å². The molecular weight excluding hydrogens is 266 g/mol. The maximum absolute atomic E-state index is 11.8. The molecule has 5 nitrogen and oxygen atoms in total. The zero-order valence-electron chi connectivity index (χ0n) is 11.2. The van der Waals surface area contributed by atoms with Gasteiger partial charge >= 0.3 is 0 Å². The fourth-order valence-electron chi connectivity index (χ4n) is 2.22. The lowest BCUT2D eigenvalue weighted by Gasteiger charge is -2.13. The van der Waals surface area contributed by atoms with Gasteiger partial charge in [-0.15, -0.1) is 0 Å². The summed E-state index contributed by atoms with van der Waals surface area (Å²) in [5, 5.41) is 9.87. The number of aliphatic hydroxyl groups is 1. The van der Waals surface area contributed by atoms with Gasteiger partial charge in [-0.2, -0.15) is 4.31 Å². The summed E-state index contributed by atoms with van der Waals surface area (Å²) in [6.07, 6.45) is -0.674. The Bertz CT molecular complexity index is 556. The van der Waals surface area contributed by atoms with Gasteiger partial charge in [0, 0.05) is 20.2 Å². The van der Waals surface area contributed by atoms with Gasteiger partial charge in [-0.3, -0.25) is 0 Å². The number of nitrogens with zero attached hydrogens (tertiary/aromatic N) is 1. The standard InChI is InChI=1S/C13H19NO4S/c1-3-19(16,17)14-7-11-5-4-10(6-12(11)8-14)13(15)9-18-2/h4-6,13,15H,3,7-9H2,1-2H3. The molecule has 1 unspecified atom stereocenters. The second kappa shape index (κ2) is 5.58. The molecule has 0 fully saturated rings. The summed E-state index contributed by atoms with van der Waals surface area (Å²) in [6, 6.07) is 5.57. The average molecular weight is 285 g/mol. The van der Waals surface area contributed by atoms with Gasteiger partial charge in [-0.1, -0.05) is 18.2 Å². The minimum Gasteiger partial charge on any atom is -0.386 e. The molecule has 0 radical (unpaired) electrons. The predicted molar refractivity (Wildman–Crippen MR) is 72.0 cm³/mol. The van der Waals surface area contributed by atoms with Crippen LogP contribution in [0.15, 0.2) is 18.2 Å². The molecular formula is C13H19NO4S. The fourth-order valence-corrected chi connectivity index (χ4v) is 3.26. The summed E-state index contributed by atoms with van der Waals surface area (Å²) >= 11 is 0. The van der Waals surface area contributed by atoms with Crippen LogP contribution < -0.4 is 0 Å². The molecule has 0 saturated carbocycles. The third-order valence-corrected chi connectivity index (χ3v) is 5.17. The van der Waals surface area contributed by atoms with Crippen LogP contribution in [-0.4, -0.2) is 37.3 Å². The molecule has 0 spiro atoms. The Labute approximate surface area is 113 Å². The minimum atomic E-state index is -3.16. The van der Waals surface area contributed by atoms with Crippen molar-refractivity contribution in [3.05, 3.63) is 34.9 Å². The SMILES string of the molecule is CCS(=O)(=O)N1Cc2ccc(C(O)COC)cc2C1. The normalized spacial score (nSPS) is 17.4. The smallest absolute Gasteiger partial charge is 0.214 e. The molecule has 19 heavy (non-hydrogen) atoms. The van der Waals surface area contributed by atoms with E-state index in [9.17, 15) is 13.5 Å². The molecule has 1 aliphatic rings. The van der Waals surface area contributed by atoms with Crippen molar-refractivity contribution in [3.8, 4) is 0 Å². The van der Waals surface area contributed by atoms with Gasteiger partial charge in [-0.05, 0) is 23.6 Å². The molecule has 1 aromatic rings. The number of benzene rings is 1. The van der Waals surface area contributed by atoms with Crippen molar-refractivity contribution in [2.75, 3.05) is 19.5 Å². The quantitative estimate of drug-likeness (QED) is 0.877. The van der Waals surface area contributed by atoms with Crippen LogP contribution in [0.3, 0.4) is 0 Å². The largest absolute Gasteiger partial charge is 0.386 e. The molecule has 0 amide bonds. The summed E-state index contributed by atoms with van der Waals surface area (Å²) in [5.41, 5.74) is 2.73. The van der Waals surface area contributed by atoms with Gasteiger partial charge in [0.2, 0.25) is 10.0 Å². The Kier molecular flexibility index (Phi) is 4.25. The number of hydrogen-bond donors (Lipinski definition) is 1. The Hall–Kier alpha value is -0.950. The zero-order chi connectivity index (χ0) is 14.0. The van der Waals surface area contributed by atoms with Crippen LogP contribution in [0.5, 0.6) is 0 Å². The lowest BCUT2D eigenvalue weighted by molar-refractivity contribution is 0.0643. The van der Waals surface area contributed by atoms with Crippen LogP contribution in [0.2, 0.25) is 0 Å². The number of sulfonamides is 1. The monoisotopic (exact) mass is 285 g/mol. The maximum atomic E-state index is 11.8. The Morgan fingerprint density at radius 2 is 2.05 bits per heavy atom. The van der Waals surface area contributed by atoms with Crippen molar-refractivity contribution in [1.29, 1.82) is 0 Å². The van der Waals surface area contributed by atoms with Gasteiger partial charge in [0.25, 0.3) is 0 Å². The molecule has 106 valence electrons. The van der Waals surface area contributed by atoms with Crippen molar-refractivity contribution in [2.45, 2.75) is 26.1 Å². The molecule has 0 saturated heterocycles. The van der Waals surface area contributed by atoms with Crippen LogP contribution in [-0.2, 0) is 27.8 Å². The van der Waals surface area contributed by atoms with E-state index in [-0.39, 0.29) is 12.4 Å².